The van der Waals surface area contributed by atoms with E-state index in [4.69, 9.17) is 4.74 Å². The molecular weight excluding hydrogens is 298 g/mol. The number of nitrogens with zero attached hydrogens (tertiary/aromatic N) is 2. The molecule has 7 heteroatoms. The van der Waals surface area contributed by atoms with Gasteiger partial charge in [-0.2, -0.15) is 5.26 Å². The zero-order chi connectivity index (χ0) is 16.7. The second kappa shape index (κ2) is 7.58. The molecule has 23 heavy (non-hydrogen) atoms. The average Bonchev–Trinajstić information content (AvgIpc) is 2.79. The maximum atomic E-state index is 12.1. The van der Waals surface area contributed by atoms with Crippen LogP contribution >= 0.6 is 0 Å². The number of ether oxygens (including phenoxy) is 1. The monoisotopic (exact) mass is 317 g/mol. The Morgan fingerprint density at radius 2 is 1.96 bits per heavy atom. The van der Waals surface area contributed by atoms with Gasteiger partial charge in [0.2, 0.25) is 0 Å². The molecule has 0 spiro atoms. The first-order valence-electron chi connectivity index (χ1n) is 7.65. The highest BCUT2D eigenvalue weighted by atomic mass is 16.6. The molecule has 0 bridgehead atoms. The number of amides is 1. The van der Waals surface area contributed by atoms with Crippen molar-refractivity contribution in [2.24, 2.45) is 0 Å². The van der Waals surface area contributed by atoms with Gasteiger partial charge in [0.15, 0.2) is 12.4 Å². The largest absolute Gasteiger partial charge is 0.477 e. The Balaban J connectivity index is 1.97. The molecule has 0 aliphatic heterocycles. The lowest BCUT2D eigenvalue weighted by Gasteiger charge is -2.26. The minimum atomic E-state index is -0.848. The molecule has 0 aromatic heterocycles. The summed E-state index contributed by atoms with van der Waals surface area (Å²) in [6.07, 6.45) is 5.18. The Hall–Kier alpha value is -2.62. The summed E-state index contributed by atoms with van der Waals surface area (Å²) in [6, 6.07) is 8.11. The summed E-state index contributed by atoms with van der Waals surface area (Å²) in [5.41, 5.74) is -1.04. The first kappa shape index (κ1) is 16.7. The molecule has 1 N–H and O–H groups in total. The standard InChI is InChI=1S/C16H19N3O4/c17-12-16(9-5-1-2-6-10-16)18-15(20)11-23-14-8-4-3-7-13(14)19(21)22/h3-4,7-8H,1-2,5-6,9-11H2,(H,18,20). The number of nitriles is 1. The zero-order valence-electron chi connectivity index (χ0n) is 12.8. The second-order valence-corrected chi connectivity index (χ2v) is 5.67. The van der Waals surface area contributed by atoms with Gasteiger partial charge in [0.25, 0.3) is 5.91 Å². The van der Waals surface area contributed by atoms with Gasteiger partial charge >= 0.3 is 5.69 Å². The summed E-state index contributed by atoms with van der Waals surface area (Å²) in [7, 11) is 0. The van der Waals surface area contributed by atoms with Crippen LogP contribution in [-0.2, 0) is 4.79 Å². The van der Waals surface area contributed by atoms with Crippen LogP contribution in [-0.4, -0.2) is 23.0 Å². The Bertz CT molecular complexity index is 616. The number of nitro groups is 1. The van der Waals surface area contributed by atoms with Crippen molar-refractivity contribution in [3.63, 3.8) is 0 Å². The molecule has 0 atom stereocenters. The van der Waals surface area contributed by atoms with Crippen molar-refractivity contribution in [2.75, 3.05) is 6.61 Å². The molecule has 1 aliphatic rings. The maximum Gasteiger partial charge on any atom is 0.310 e. The highest BCUT2D eigenvalue weighted by Crippen LogP contribution is 2.27. The SMILES string of the molecule is N#CC1(NC(=O)COc2ccccc2[N+](=O)[O-])CCCCCC1. The summed E-state index contributed by atoms with van der Waals surface area (Å²) >= 11 is 0. The Morgan fingerprint density at radius 3 is 2.57 bits per heavy atom. The fraction of sp³-hybridized carbons (Fsp3) is 0.500. The number of para-hydroxylation sites is 2. The van der Waals surface area contributed by atoms with Crippen LogP contribution in [0, 0.1) is 21.4 Å². The van der Waals surface area contributed by atoms with Crippen molar-refractivity contribution in [2.45, 2.75) is 44.1 Å². The molecule has 1 saturated carbocycles. The van der Waals surface area contributed by atoms with Crippen LogP contribution in [0.4, 0.5) is 5.69 Å². The van der Waals surface area contributed by atoms with E-state index < -0.39 is 16.4 Å². The molecule has 1 amide bonds. The number of benzene rings is 1. The number of hydrogen-bond acceptors (Lipinski definition) is 5. The lowest BCUT2D eigenvalue weighted by atomic mass is 9.92. The third kappa shape index (κ3) is 4.42. The zero-order valence-corrected chi connectivity index (χ0v) is 12.8. The van der Waals surface area contributed by atoms with Crippen LogP contribution in [0.5, 0.6) is 5.75 Å². The number of hydrogen-bond donors (Lipinski definition) is 1. The quantitative estimate of drug-likeness (QED) is 0.510. The molecule has 1 aromatic rings. The molecule has 7 nitrogen and oxygen atoms in total. The Kier molecular flexibility index (Phi) is 5.52. The lowest BCUT2D eigenvalue weighted by molar-refractivity contribution is -0.385. The van der Waals surface area contributed by atoms with Crippen LogP contribution in [0.1, 0.15) is 38.5 Å². The van der Waals surface area contributed by atoms with E-state index in [2.05, 4.69) is 11.4 Å². The number of nitrogens with one attached hydrogen (secondary N) is 1. The van der Waals surface area contributed by atoms with E-state index in [1.807, 2.05) is 0 Å². The molecular formula is C16H19N3O4. The van der Waals surface area contributed by atoms with E-state index >= 15 is 0 Å². The van der Waals surface area contributed by atoms with Crippen LogP contribution in [0.3, 0.4) is 0 Å². The van der Waals surface area contributed by atoms with Crippen LogP contribution < -0.4 is 10.1 Å². The van der Waals surface area contributed by atoms with Crippen LogP contribution in [0.25, 0.3) is 0 Å². The van der Waals surface area contributed by atoms with Gasteiger partial charge in [0.1, 0.15) is 5.54 Å². The molecule has 1 fully saturated rings. The van der Waals surface area contributed by atoms with E-state index in [-0.39, 0.29) is 18.0 Å². The number of carbonyl (C=O) groups excluding carboxylic acids is 1. The van der Waals surface area contributed by atoms with Crippen molar-refractivity contribution in [1.29, 1.82) is 5.26 Å². The van der Waals surface area contributed by atoms with Gasteiger partial charge in [-0.25, -0.2) is 0 Å². The first-order chi connectivity index (χ1) is 11.1. The normalized spacial score (nSPS) is 16.7. The molecule has 0 heterocycles. The Morgan fingerprint density at radius 1 is 1.30 bits per heavy atom. The molecule has 0 radical (unpaired) electrons. The summed E-state index contributed by atoms with van der Waals surface area (Å²) in [4.78, 5) is 22.4. The fourth-order valence-corrected chi connectivity index (χ4v) is 2.77. The minimum absolute atomic E-state index is 0.0412. The first-order valence-corrected chi connectivity index (χ1v) is 7.65. The maximum absolute atomic E-state index is 12.1. The van der Waals surface area contributed by atoms with Crippen molar-refractivity contribution in [1.82, 2.24) is 5.32 Å². The van der Waals surface area contributed by atoms with Crippen LogP contribution in [0.2, 0.25) is 0 Å². The highest BCUT2D eigenvalue weighted by molar-refractivity contribution is 5.79. The second-order valence-electron chi connectivity index (χ2n) is 5.67. The number of carbonyl (C=O) groups is 1. The van der Waals surface area contributed by atoms with E-state index in [9.17, 15) is 20.2 Å². The van der Waals surface area contributed by atoms with Gasteiger partial charge in [0.05, 0.1) is 11.0 Å². The highest BCUT2D eigenvalue weighted by Gasteiger charge is 2.32. The molecule has 0 saturated heterocycles. The van der Waals surface area contributed by atoms with E-state index in [1.54, 1.807) is 6.07 Å². The van der Waals surface area contributed by atoms with Crippen molar-refractivity contribution < 1.29 is 14.5 Å². The number of nitro benzene ring substituents is 1. The van der Waals surface area contributed by atoms with E-state index in [0.717, 1.165) is 25.7 Å². The number of rotatable bonds is 5. The fourth-order valence-electron chi connectivity index (χ4n) is 2.77. The third-order valence-electron chi connectivity index (χ3n) is 3.97. The summed E-state index contributed by atoms with van der Waals surface area (Å²) < 4.78 is 5.26. The topological polar surface area (TPSA) is 105 Å². The third-order valence-corrected chi connectivity index (χ3v) is 3.97. The molecule has 0 unspecified atom stereocenters. The summed E-state index contributed by atoms with van der Waals surface area (Å²) in [6.45, 7) is -0.353. The lowest BCUT2D eigenvalue weighted by Crippen LogP contribution is -2.48. The van der Waals surface area contributed by atoms with Gasteiger partial charge in [0, 0.05) is 6.07 Å². The van der Waals surface area contributed by atoms with Gasteiger partial charge in [-0.05, 0) is 18.9 Å². The minimum Gasteiger partial charge on any atom is -0.477 e. The van der Waals surface area contributed by atoms with Gasteiger partial charge < -0.3 is 10.1 Å². The summed E-state index contributed by atoms with van der Waals surface area (Å²) in [5, 5.41) is 23.1. The predicted octanol–water partition coefficient (Wildman–Crippen LogP) is 2.71. The molecule has 2 rings (SSSR count). The predicted molar refractivity (Wildman–Crippen MR) is 82.8 cm³/mol. The molecule has 1 aliphatic carbocycles. The van der Waals surface area contributed by atoms with E-state index in [1.165, 1.54) is 18.2 Å². The van der Waals surface area contributed by atoms with Gasteiger partial charge in [-0.15, -0.1) is 0 Å². The van der Waals surface area contributed by atoms with Gasteiger partial charge in [-0.3, -0.25) is 14.9 Å². The van der Waals surface area contributed by atoms with Gasteiger partial charge in [-0.1, -0.05) is 37.8 Å². The van der Waals surface area contributed by atoms with E-state index in [0.29, 0.717) is 12.8 Å². The Labute approximate surface area is 134 Å². The van der Waals surface area contributed by atoms with Crippen molar-refractivity contribution in [3.8, 4) is 11.8 Å². The van der Waals surface area contributed by atoms with Crippen molar-refractivity contribution >= 4 is 11.6 Å². The average molecular weight is 317 g/mol. The van der Waals surface area contributed by atoms with Crippen LogP contribution in [0.15, 0.2) is 24.3 Å². The summed E-state index contributed by atoms with van der Waals surface area (Å²) in [5.74, 6) is -0.397. The molecule has 1 aromatic carbocycles. The smallest absolute Gasteiger partial charge is 0.310 e. The van der Waals surface area contributed by atoms with Crippen molar-refractivity contribution in [3.05, 3.63) is 34.4 Å². The molecule has 122 valence electrons.